The summed E-state index contributed by atoms with van der Waals surface area (Å²) in [5, 5.41) is 0. The number of hydrogen-bond acceptors (Lipinski definition) is 1. The van der Waals surface area contributed by atoms with Crippen molar-refractivity contribution in [2.75, 3.05) is 0 Å². The minimum Gasteiger partial charge on any atom is -0.302 e. The fourth-order valence-corrected chi connectivity index (χ4v) is 2.12. The van der Waals surface area contributed by atoms with E-state index in [0.717, 1.165) is 12.5 Å². The first-order chi connectivity index (χ1) is 6.27. The third kappa shape index (κ3) is 1.69. The van der Waals surface area contributed by atoms with Crippen LogP contribution in [0, 0.1) is 5.92 Å². The van der Waals surface area contributed by atoms with Crippen LogP contribution in [0.2, 0.25) is 0 Å². The smallest absolute Gasteiger partial charge is 0.302 e. The van der Waals surface area contributed by atoms with E-state index in [-0.39, 0.29) is 5.69 Å². The molecule has 0 unspecified atom stereocenters. The Morgan fingerprint density at radius 2 is 2.08 bits per heavy atom. The molecule has 2 rings (SSSR count). The number of rotatable bonds is 2. The Morgan fingerprint density at radius 1 is 1.38 bits per heavy atom. The van der Waals surface area contributed by atoms with Crippen molar-refractivity contribution in [2.24, 2.45) is 13.0 Å². The molecule has 0 saturated heterocycles. The average Bonchev–Trinajstić information content (AvgIpc) is 2.71. The molecule has 1 aliphatic rings. The second kappa shape index (κ2) is 3.40. The summed E-state index contributed by atoms with van der Waals surface area (Å²) in [4.78, 5) is 11.5. The molecule has 3 nitrogen and oxygen atoms in total. The van der Waals surface area contributed by atoms with Gasteiger partial charge in [-0.3, -0.25) is 4.57 Å². The van der Waals surface area contributed by atoms with Crippen LogP contribution in [0.5, 0.6) is 0 Å². The molecule has 72 valence electrons. The minimum atomic E-state index is 0.118. The third-order valence-corrected chi connectivity index (χ3v) is 2.95. The summed E-state index contributed by atoms with van der Waals surface area (Å²) in [5.74, 6) is 0.736. The normalized spacial score (nSPS) is 18.2. The van der Waals surface area contributed by atoms with E-state index >= 15 is 0 Å². The molecular formula is C10H16N2O. The van der Waals surface area contributed by atoms with Crippen LogP contribution in [0.1, 0.15) is 25.7 Å². The second-order valence-corrected chi connectivity index (χ2v) is 3.99. The summed E-state index contributed by atoms with van der Waals surface area (Å²) in [6.07, 6.45) is 8.99. The van der Waals surface area contributed by atoms with Crippen molar-refractivity contribution >= 4 is 0 Å². The maximum atomic E-state index is 11.5. The SMILES string of the molecule is Cn1ccn(CC2CCCC2)c1=O. The van der Waals surface area contributed by atoms with Gasteiger partial charge in [0.1, 0.15) is 0 Å². The second-order valence-electron chi connectivity index (χ2n) is 3.99. The fourth-order valence-electron chi connectivity index (χ4n) is 2.12. The number of aromatic nitrogens is 2. The summed E-state index contributed by atoms with van der Waals surface area (Å²) in [6.45, 7) is 0.916. The third-order valence-electron chi connectivity index (χ3n) is 2.95. The molecule has 0 aliphatic heterocycles. The van der Waals surface area contributed by atoms with E-state index in [0.29, 0.717) is 0 Å². The van der Waals surface area contributed by atoms with Gasteiger partial charge in [0.15, 0.2) is 0 Å². The maximum absolute atomic E-state index is 11.5. The highest BCUT2D eigenvalue weighted by Crippen LogP contribution is 2.25. The summed E-state index contributed by atoms with van der Waals surface area (Å²) < 4.78 is 3.46. The van der Waals surface area contributed by atoms with Gasteiger partial charge in [-0.1, -0.05) is 12.8 Å². The van der Waals surface area contributed by atoms with Crippen molar-refractivity contribution in [1.82, 2.24) is 9.13 Å². The Kier molecular flexibility index (Phi) is 2.25. The topological polar surface area (TPSA) is 26.9 Å². The summed E-state index contributed by atoms with van der Waals surface area (Å²) >= 11 is 0. The monoisotopic (exact) mass is 180 g/mol. The summed E-state index contributed by atoms with van der Waals surface area (Å²) in [6, 6.07) is 0. The van der Waals surface area contributed by atoms with Gasteiger partial charge in [-0.15, -0.1) is 0 Å². The Balaban J connectivity index is 2.09. The Hall–Kier alpha value is -0.990. The van der Waals surface area contributed by atoms with Gasteiger partial charge in [0.05, 0.1) is 0 Å². The van der Waals surface area contributed by atoms with Gasteiger partial charge in [-0.25, -0.2) is 4.79 Å². The lowest BCUT2D eigenvalue weighted by Crippen LogP contribution is -2.24. The first-order valence-corrected chi connectivity index (χ1v) is 4.99. The van der Waals surface area contributed by atoms with Crippen LogP contribution < -0.4 is 5.69 Å². The van der Waals surface area contributed by atoms with Crippen LogP contribution in [-0.2, 0) is 13.6 Å². The molecule has 13 heavy (non-hydrogen) atoms. The standard InChI is InChI=1S/C10H16N2O/c1-11-6-7-12(10(11)13)8-9-4-2-3-5-9/h6-7,9H,2-5,8H2,1H3. The molecule has 3 heteroatoms. The van der Waals surface area contributed by atoms with E-state index in [4.69, 9.17) is 0 Å². The number of aryl methyl sites for hydroxylation is 1. The van der Waals surface area contributed by atoms with Crippen LogP contribution in [0.4, 0.5) is 0 Å². The average molecular weight is 180 g/mol. The molecule has 0 bridgehead atoms. The molecule has 1 fully saturated rings. The van der Waals surface area contributed by atoms with Crippen molar-refractivity contribution in [3.05, 3.63) is 22.9 Å². The predicted molar refractivity (Wildman–Crippen MR) is 51.6 cm³/mol. The zero-order chi connectivity index (χ0) is 9.26. The van der Waals surface area contributed by atoms with E-state index in [1.807, 2.05) is 17.0 Å². The predicted octanol–water partition coefficient (Wildman–Crippen LogP) is 1.38. The Bertz CT molecular complexity index is 331. The van der Waals surface area contributed by atoms with Gasteiger partial charge in [0.25, 0.3) is 0 Å². The fraction of sp³-hybridized carbons (Fsp3) is 0.700. The number of hydrogen-bond donors (Lipinski definition) is 0. The van der Waals surface area contributed by atoms with Crippen LogP contribution in [0.25, 0.3) is 0 Å². The van der Waals surface area contributed by atoms with Crippen molar-refractivity contribution < 1.29 is 0 Å². The van der Waals surface area contributed by atoms with Crippen molar-refractivity contribution in [2.45, 2.75) is 32.2 Å². The Morgan fingerprint density at radius 3 is 2.62 bits per heavy atom. The number of nitrogens with zero attached hydrogens (tertiary/aromatic N) is 2. The molecule has 1 aromatic rings. The van der Waals surface area contributed by atoms with Crippen LogP contribution in [0.15, 0.2) is 17.2 Å². The summed E-state index contributed by atoms with van der Waals surface area (Å²) in [5.41, 5.74) is 0.118. The van der Waals surface area contributed by atoms with E-state index in [9.17, 15) is 4.79 Å². The first-order valence-electron chi connectivity index (χ1n) is 4.99. The molecular weight excluding hydrogens is 164 g/mol. The molecule has 1 aliphatic carbocycles. The highest BCUT2D eigenvalue weighted by molar-refractivity contribution is 4.81. The lowest BCUT2D eigenvalue weighted by atomic mass is 10.1. The molecule has 1 saturated carbocycles. The van der Waals surface area contributed by atoms with Gasteiger partial charge in [-0.05, 0) is 18.8 Å². The van der Waals surface area contributed by atoms with E-state index in [1.54, 1.807) is 11.6 Å². The highest BCUT2D eigenvalue weighted by Gasteiger charge is 2.16. The van der Waals surface area contributed by atoms with E-state index in [1.165, 1.54) is 25.7 Å². The quantitative estimate of drug-likeness (QED) is 0.675. The first kappa shape index (κ1) is 8.60. The van der Waals surface area contributed by atoms with Crippen molar-refractivity contribution in [3.8, 4) is 0 Å². The molecule has 1 aromatic heterocycles. The molecule has 0 spiro atoms. The van der Waals surface area contributed by atoms with Crippen LogP contribution in [-0.4, -0.2) is 9.13 Å². The van der Waals surface area contributed by atoms with E-state index < -0.39 is 0 Å². The van der Waals surface area contributed by atoms with Crippen LogP contribution in [0.3, 0.4) is 0 Å². The molecule has 0 amide bonds. The lowest BCUT2D eigenvalue weighted by Gasteiger charge is -2.07. The molecule has 0 radical (unpaired) electrons. The van der Waals surface area contributed by atoms with Gasteiger partial charge >= 0.3 is 5.69 Å². The van der Waals surface area contributed by atoms with Gasteiger partial charge < -0.3 is 4.57 Å². The van der Waals surface area contributed by atoms with Crippen molar-refractivity contribution in [3.63, 3.8) is 0 Å². The maximum Gasteiger partial charge on any atom is 0.327 e. The van der Waals surface area contributed by atoms with Crippen molar-refractivity contribution in [1.29, 1.82) is 0 Å². The molecule has 1 heterocycles. The van der Waals surface area contributed by atoms with E-state index in [2.05, 4.69) is 0 Å². The van der Waals surface area contributed by atoms with Gasteiger partial charge in [0, 0.05) is 26.0 Å². The van der Waals surface area contributed by atoms with Crippen LogP contribution >= 0.6 is 0 Å². The zero-order valence-electron chi connectivity index (χ0n) is 8.07. The number of imidazole rings is 1. The zero-order valence-corrected chi connectivity index (χ0v) is 8.07. The minimum absolute atomic E-state index is 0.118. The Labute approximate surface area is 78.0 Å². The molecule has 0 N–H and O–H groups in total. The largest absolute Gasteiger partial charge is 0.327 e. The molecule has 0 aromatic carbocycles. The lowest BCUT2D eigenvalue weighted by molar-refractivity contribution is 0.446. The van der Waals surface area contributed by atoms with Gasteiger partial charge in [-0.2, -0.15) is 0 Å². The highest BCUT2D eigenvalue weighted by atomic mass is 16.1. The molecule has 0 atom stereocenters. The summed E-state index contributed by atoms with van der Waals surface area (Å²) in [7, 11) is 1.80. The van der Waals surface area contributed by atoms with Gasteiger partial charge in [0.2, 0.25) is 0 Å².